The fraction of sp³-hybridized carbons (Fsp3) is 0.167. The molecule has 0 saturated heterocycles. The SMILES string of the molecule is CNS(=O)(=O)Cc1ccccc1CNC(=O)/C=C/c1cc(Cl)cc(Cl)c1. The lowest BCUT2D eigenvalue weighted by Crippen LogP contribution is -2.24. The van der Waals surface area contributed by atoms with E-state index in [1.165, 1.54) is 13.1 Å². The number of rotatable bonds is 7. The van der Waals surface area contributed by atoms with Gasteiger partial charge in [0.1, 0.15) is 0 Å². The molecule has 0 saturated carbocycles. The Morgan fingerprint density at radius 2 is 1.69 bits per heavy atom. The van der Waals surface area contributed by atoms with Crippen molar-refractivity contribution in [3.05, 3.63) is 75.3 Å². The Kier molecular flexibility index (Phi) is 7.23. The van der Waals surface area contributed by atoms with Crippen molar-refractivity contribution in [2.45, 2.75) is 12.3 Å². The summed E-state index contributed by atoms with van der Waals surface area (Å²) in [6.07, 6.45) is 2.97. The second kappa shape index (κ2) is 9.19. The number of amides is 1. The first kappa shape index (κ1) is 20.5. The van der Waals surface area contributed by atoms with Crippen LogP contribution in [-0.2, 0) is 27.1 Å². The zero-order valence-electron chi connectivity index (χ0n) is 14.0. The van der Waals surface area contributed by atoms with Gasteiger partial charge in [0, 0.05) is 22.7 Å². The zero-order chi connectivity index (χ0) is 19.2. The molecule has 5 nitrogen and oxygen atoms in total. The van der Waals surface area contributed by atoms with Crippen molar-refractivity contribution in [2.24, 2.45) is 0 Å². The Balaban J connectivity index is 2.02. The second-order valence-corrected chi connectivity index (χ2v) is 8.29. The molecular weight excluding hydrogens is 395 g/mol. The molecule has 0 aliphatic heterocycles. The molecule has 0 atom stereocenters. The smallest absolute Gasteiger partial charge is 0.244 e. The van der Waals surface area contributed by atoms with Crippen LogP contribution in [0.5, 0.6) is 0 Å². The van der Waals surface area contributed by atoms with E-state index >= 15 is 0 Å². The molecule has 1 amide bonds. The van der Waals surface area contributed by atoms with Gasteiger partial charge >= 0.3 is 0 Å². The Morgan fingerprint density at radius 1 is 1.08 bits per heavy atom. The van der Waals surface area contributed by atoms with Crippen LogP contribution in [0.3, 0.4) is 0 Å². The van der Waals surface area contributed by atoms with Crippen LogP contribution in [0, 0.1) is 0 Å². The van der Waals surface area contributed by atoms with Crippen LogP contribution in [0.15, 0.2) is 48.5 Å². The minimum Gasteiger partial charge on any atom is -0.348 e. The van der Waals surface area contributed by atoms with Crippen molar-refractivity contribution in [3.63, 3.8) is 0 Å². The van der Waals surface area contributed by atoms with E-state index in [9.17, 15) is 13.2 Å². The molecule has 2 rings (SSSR count). The van der Waals surface area contributed by atoms with Gasteiger partial charge in [-0.2, -0.15) is 0 Å². The molecule has 0 heterocycles. The van der Waals surface area contributed by atoms with Gasteiger partial charge in [-0.25, -0.2) is 13.1 Å². The van der Waals surface area contributed by atoms with Crippen LogP contribution < -0.4 is 10.0 Å². The third-order valence-electron chi connectivity index (χ3n) is 3.54. The predicted molar refractivity (Wildman–Crippen MR) is 105 cm³/mol. The summed E-state index contributed by atoms with van der Waals surface area (Å²) in [6.45, 7) is 0.217. The normalized spacial score (nSPS) is 11.7. The highest BCUT2D eigenvalue weighted by atomic mass is 35.5. The van der Waals surface area contributed by atoms with E-state index < -0.39 is 10.0 Å². The van der Waals surface area contributed by atoms with E-state index in [2.05, 4.69) is 10.0 Å². The molecule has 2 aromatic carbocycles. The summed E-state index contributed by atoms with van der Waals surface area (Å²) < 4.78 is 25.8. The van der Waals surface area contributed by atoms with Gasteiger partial charge in [-0.1, -0.05) is 47.5 Å². The second-order valence-electron chi connectivity index (χ2n) is 5.49. The summed E-state index contributed by atoms with van der Waals surface area (Å²) in [5.41, 5.74) is 2.07. The fourth-order valence-electron chi connectivity index (χ4n) is 2.23. The number of halogens is 2. The van der Waals surface area contributed by atoms with E-state index in [0.717, 1.165) is 5.56 Å². The lowest BCUT2D eigenvalue weighted by atomic mass is 10.1. The van der Waals surface area contributed by atoms with Crippen molar-refractivity contribution in [1.29, 1.82) is 0 Å². The summed E-state index contributed by atoms with van der Waals surface area (Å²) in [5, 5.41) is 3.70. The third-order valence-corrected chi connectivity index (χ3v) is 5.29. The number of nitrogens with one attached hydrogen (secondary N) is 2. The quantitative estimate of drug-likeness (QED) is 0.684. The number of sulfonamides is 1. The number of hydrogen-bond acceptors (Lipinski definition) is 3. The molecule has 26 heavy (non-hydrogen) atoms. The lowest BCUT2D eigenvalue weighted by molar-refractivity contribution is -0.116. The monoisotopic (exact) mass is 412 g/mol. The highest BCUT2D eigenvalue weighted by molar-refractivity contribution is 7.88. The van der Waals surface area contributed by atoms with Crippen molar-refractivity contribution >= 4 is 45.2 Å². The lowest BCUT2D eigenvalue weighted by Gasteiger charge is -2.10. The molecule has 0 aliphatic rings. The van der Waals surface area contributed by atoms with Crippen molar-refractivity contribution in [1.82, 2.24) is 10.0 Å². The predicted octanol–water partition coefficient (Wildman–Crippen LogP) is 3.37. The largest absolute Gasteiger partial charge is 0.348 e. The molecule has 0 spiro atoms. The molecule has 0 aromatic heterocycles. The van der Waals surface area contributed by atoms with E-state index in [1.807, 2.05) is 0 Å². The molecule has 8 heteroatoms. The molecule has 138 valence electrons. The topological polar surface area (TPSA) is 75.3 Å². The van der Waals surface area contributed by atoms with Crippen LogP contribution in [0.4, 0.5) is 0 Å². The molecule has 0 radical (unpaired) electrons. The van der Waals surface area contributed by atoms with Crippen LogP contribution >= 0.6 is 23.2 Å². The summed E-state index contributed by atoms with van der Waals surface area (Å²) in [5.74, 6) is -0.459. The van der Waals surface area contributed by atoms with Crippen LogP contribution in [0.25, 0.3) is 6.08 Å². The first-order valence-electron chi connectivity index (χ1n) is 7.69. The Bertz CT molecular complexity index is 908. The average Bonchev–Trinajstić information content (AvgIpc) is 2.58. The van der Waals surface area contributed by atoms with Crippen molar-refractivity contribution in [3.8, 4) is 0 Å². The number of benzene rings is 2. The highest BCUT2D eigenvalue weighted by Crippen LogP contribution is 2.19. The maximum atomic E-state index is 12.0. The molecule has 0 fully saturated rings. The molecule has 0 aliphatic carbocycles. The molecule has 0 unspecified atom stereocenters. The van der Waals surface area contributed by atoms with Crippen molar-refractivity contribution < 1.29 is 13.2 Å². The fourth-order valence-corrected chi connectivity index (χ4v) is 3.61. The molecule has 2 aromatic rings. The van der Waals surface area contributed by atoms with Gasteiger partial charge in [0.25, 0.3) is 0 Å². The van der Waals surface area contributed by atoms with Gasteiger partial charge in [-0.3, -0.25) is 4.79 Å². The minimum absolute atomic E-state index is 0.146. The van der Waals surface area contributed by atoms with Gasteiger partial charge in [0.2, 0.25) is 15.9 Å². The highest BCUT2D eigenvalue weighted by Gasteiger charge is 2.12. The summed E-state index contributed by atoms with van der Waals surface area (Å²) >= 11 is 11.8. The summed E-state index contributed by atoms with van der Waals surface area (Å²) in [4.78, 5) is 12.0. The maximum absolute atomic E-state index is 12.0. The van der Waals surface area contributed by atoms with E-state index in [-0.39, 0.29) is 18.2 Å². The molecule has 2 N–H and O–H groups in total. The van der Waals surface area contributed by atoms with E-state index in [1.54, 1.807) is 48.5 Å². The number of carbonyl (C=O) groups is 1. The standard InChI is InChI=1S/C18H18Cl2N2O3S/c1-21-26(24,25)12-15-5-3-2-4-14(15)11-22-18(23)7-6-13-8-16(19)10-17(20)9-13/h2-10,21H,11-12H2,1H3,(H,22,23)/b7-6+. The third kappa shape index (κ3) is 6.46. The van der Waals surface area contributed by atoms with Gasteiger partial charge in [-0.15, -0.1) is 0 Å². The Hall–Kier alpha value is -1.86. The first-order valence-corrected chi connectivity index (χ1v) is 10.1. The number of carbonyl (C=O) groups excluding carboxylic acids is 1. The van der Waals surface area contributed by atoms with E-state index in [4.69, 9.17) is 23.2 Å². The number of hydrogen-bond donors (Lipinski definition) is 2. The van der Waals surface area contributed by atoms with Crippen molar-refractivity contribution in [2.75, 3.05) is 7.05 Å². The van der Waals surface area contributed by atoms with Crippen LogP contribution in [-0.4, -0.2) is 21.4 Å². The summed E-state index contributed by atoms with van der Waals surface area (Å²) in [6, 6.07) is 12.0. The van der Waals surface area contributed by atoms with E-state index in [0.29, 0.717) is 21.2 Å². The van der Waals surface area contributed by atoms with Gasteiger partial charge in [0.15, 0.2) is 0 Å². The van der Waals surface area contributed by atoms with Gasteiger partial charge < -0.3 is 5.32 Å². The summed E-state index contributed by atoms with van der Waals surface area (Å²) in [7, 11) is -2.02. The molecule has 0 bridgehead atoms. The maximum Gasteiger partial charge on any atom is 0.244 e. The van der Waals surface area contributed by atoms with Gasteiger partial charge in [0.05, 0.1) is 5.75 Å². The Morgan fingerprint density at radius 3 is 2.31 bits per heavy atom. The van der Waals surface area contributed by atoms with Crippen LogP contribution in [0.1, 0.15) is 16.7 Å². The Labute approximate surface area is 163 Å². The molecular formula is C18H18Cl2N2O3S. The van der Waals surface area contributed by atoms with Crippen LogP contribution in [0.2, 0.25) is 10.0 Å². The van der Waals surface area contributed by atoms with Gasteiger partial charge in [-0.05, 0) is 48.0 Å². The zero-order valence-corrected chi connectivity index (χ0v) is 16.3. The first-order chi connectivity index (χ1) is 12.3. The minimum atomic E-state index is -3.39. The average molecular weight is 413 g/mol.